The van der Waals surface area contributed by atoms with E-state index in [2.05, 4.69) is 20.8 Å². The molecule has 1 aromatic rings. The number of rotatable bonds is 3. The van der Waals surface area contributed by atoms with Gasteiger partial charge in [0.15, 0.2) is 0 Å². The Balaban J connectivity index is 2.33. The number of nitrogens with zero attached hydrogens (tertiary/aromatic N) is 1. The van der Waals surface area contributed by atoms with Gasteiger partial charge in [-0.25, -0.2) is 0 Å². The van der Waals surface area contributed by atoms with Crippen molar-refractivity contribution in [2.45, 2.75) is 12.6 Å². The van der Waals surface area contributed by atoms with Crippen LogP contribution in [0.3, 0.4) is 0 Å². The molecule has 0 spiro atoms. The number of halogens is 1. The first-order chi connectivity index (χ1) is 8.26. The molecule has 0 aliphatic carbocycles. The lowest BCUT2D eigenvalue weighted by Crippen LogP contribution is -2.48. The van der Waals surface area contributed by atoms with Crippen molar-refractivity contribution >= 4 is 21.6 Å². The second-order valence-corrected chi connectivity index (χ2v) is 4.95. The lowest BCUT2D eigenvalue weighted by molar-refractivity contribution is 0.0725. The fourth-order valence-electron chi connectivity index (χ4n) is 2.06. The Morgan fingerprint density at radius 1 is 1.41 bits per heavy atom. The Morgan fingerprint density at radius 3 is 2.94 bits per heavy atom. The number of aliphatic hydroxyl groups excluding tert-OH is 2. The van der Waals surface area contributed by atoms with E-state index in [-0.39, 0.29) is 19.3 Å². The smallest absolute Gasteiger partial charge is 0.0755 e. The van der Waals surface area contributed by atoms with Gasteiger partial charge in [-0.05, 0) is 12.1 Å². The highest BCUT2D eigenvalue weighted by Crippen LogP contribution is 2.28. The van der Waals surface area contributed by atoms with Gasteiger partial charge >= 0.3 is 0 Å². The van der Waals surface area contributed by atoms with Crippen LogP contribution in [0.2, 0.25) is 0 Å². The molecule has 17 heavy (non-hydrogen) atoms. The Labute approximate surface area is 109 Å². The number of hydrogen-bond donors (Lipinski definition) is 2. The summed E-state index contributed by atoms with van der Waals surface area (Å²) >= 11 is 3.43. The molecule has 1 aliphatic rings. The van der Waals surface area contributed by atoms with Gasteiger partial charge in [0, 0.05) is 22.3 Å². The zero-order valence-electron chi connectivity index (χ0n) is 9.47. The molecule has 1 atom stereocenters. The first kappa shape index (κ1) is 12.8. The maximum absolute atomic E-state index is 9.36. The van der Waals surface area contributed by atoms with E-state index in [1.165, 1.54) is 0 Å². The molecule has 1 aromatic carbocycles. The van der Waals surface area contributed by atoms with Crippen molar-refractivity contribution in [3.63, 3.8) is 0 Å². The Hall–Kier alpha value is -0.620. The summed E-state index contributed by atoms with van der Waals surface area (Å²) in [5.41, 5.74) is 1.83. The van der Waals surface area contributed by atoms with Crippen LogP contribution in [0.1, 0.15) is 5.56 Å². The molecule has 2 rings (SSSR count). The maximum Gasteiger partial charge on any atom is 0.0755 e. The lowest BCUT2D eigenvalue weighted by atomic mass is 10.1. The van der Waals surface area contributed by atoms with E-state index < -0.39 is 0 Å². The summed E-state index contributed by atoms with van der Waals surface area (Å²) in [6.07, 6.45) is 0. The Morgan fingerprint density at radius 2 is 2.24 bits per heavy atom. The van der Waals surface area contributed by atoms with Crippen LogP contribution in [-0.2, 0) is 11.3 Å². The van der Waals surface area contributed by atoms with Gasteiger partial charge in [0.25, 0.3) is 0 Å². The fraction of sp³-hybridized carbons (Fsp3) is 0.500. The number of ether oxygens (including phenoxy) is 1. The molecule has 0 radical (unpaired) electrons. The maximum atomic E-state index is 9.36. The van der Waals surface area contributed by atoms with Gasteiger partial charge in [-0.3, -0.25) is 0 Å². The van der Waals surface area contributed by atoms with E-state index in [4.69, 9.17) is 4.74 Å². The number of anilines is 1. The highest BCUT2D eigenvalue weighted by molar-refractivity contribution is 9.10. The van der Waals surface area contributed by atoms with E-state index >= 15 is 0 Å². The highest BCUT2D eigenvalue weighted by atomic mass is 79.9. The number of benzene rings is 1. The summed E-state index contributed by atoms with van der Waals surface area (Å²) in [6, 6.07) is 5.73. The van der Waals surface area contributed by atoms with Crippen LogP contribution in [0.25, 0.3) is 0 Å². The number of aliphatic hydroxyl groups is 2. The summed E-state index contributed by atoms with van der Waals surface area (Å²) < 4.78 is 6.32. The average Bonchev–Trinajstić information content (AvgIpc) is 2.38. The van der Waals surface area contributed by atoms with E-state index in [1.54, 1.807) is 0 Å². The fourth-order valence-corrected chi connectivity index (χ4v) is 2.41. The van der Waals surface area contributed by atoms with Crippen LogP contribution in [0.4, 0.5) is 5.69 Å². The lowest BCUT2D eigenvalue weighted by Gasteiger charge is -2.37. The Bertz CT molecular complexity index is 386. The molecular weight excluding hydrogens is 286 g/mol. The molecule has 1 heterocycles. The van der Waals surface area contributed by atoms with Crippen LogP contribution in [0.5, 0.6) is 0 Å². The van der Waals surface area contributed by atoms with Crippen molar-refractivity contribution in [2.75, 3.05) is 31.3 Å². The second kappa shape index (κ2) is 5.82. The molecule has 1 fully saturated rings. The first-order valence-corrected chi connectivity index (χ1v) is 6.40. The van der Waals surface area contributed by atoms with Crippen molar-refractivity contribution < 1.29 is 14.9 Å². The van der Waals surface area contributed by atoms with Crippen molar-refractivity contribution in [1.29, 1.82) is 0 Å². The molecule has 4 nitrogen and oxygen atoms in total. The molecule has 94 valence electrons. The molecule has 0 aromatic heterocycles. The minimum atomic E-state index is -0.0386. The molecule has 1 unspecified atom stereocenters. The topological polar surface area (TPSA) is 52.9 Å². The van der Waals surface area contributed by atoms with Gasteiger partial charge in [0.2, 0.25) is 0 Å². The molecule has 1 aliphatic heterocycles. The van der Waals surface area contributed by atoms with Gasteiger partial charge in [-0.1, -0.05) is 22.0 Å². The second-order valence-electron chi connectivity index (χ2n) is 4.04. The van der Waals surface area contributed by atoms with Gasteiger partial charge in [-0.2, -0.15) is 0 Å². The minimum absolute atomic E-state index is 0.00187. The molecule has 0 saturated carbocycles. The van der Waals surface area contributed by atoms with Crippen LogP contribution < -0.4 is 4.90 Å². The van der Waals surface area contributed by atoms with Crippen LogP contribution >= 0.6 is 15.9 Å². The van der Waals surface area contributed by atoms with Gasteiger partial charge in [-0.15, -0.1) is 0 Å². The zero-order valence-corrected chi connectivity index (χ0v) is 11.1. The number of hydrogen-bond acceptors (Lipinski definition) is 4. The summed E-state index contributed by atoms with van der Waals surface area (Å²) in [4.78, 5) is 2.10. The average molecular weight is 302 g/mol. The quantitative estimate of drug-likeness (QED) is 0.879. The minimum Gasteiger partial charge on any atom is -0.394 e. The molecule has 1 saturated heterocycles. The predicted molar refractivity (Wildman–Crippen MR) is 69.1 cm³/mol. The van der Waals surface area contributed by atoms with Gasteiger partial charge in [0.1, 0.15) is 0 Å². The standard InChI is InChI=1S/C12H16BrNO3/c13-10-2-1-9(6-15)12(5-10)14-3-4-17-8-11(14)7-16/h1-2,5,11,15-16H,3-4,6-8H2. The van der Waals surface area contributed by atoms with E-state index in [1.807, 2.05) is 18.2 Å². The molecular formula is C12H16BrNO3. The zero-order chi connectivity index (χ0) is 12.3. The third-order valence-corrected chi connectivity index (χ3v) is 3.46. The summed E-state index contributed by atoms with van der Waals surface area (Å²) in [6.45, 7) is 1.95. The van der Waals surface area contributed by atoms with Crippen molar-refractivity contribution in [1.82, 2.24) is 0 Å². The molecule has 0 bridgehead atoms. The Kier molecular flexibility index (Phi) is 4.39. The monoisotopic (exact) mass is 301 g/mol. The SMILES string of the molecule is OCc1ccc(Br)cc1N1CCOCC1CO. The summed E-state index contributed by atoms with van der Waals surface area (Å²) in [5, 5.41) is 18.7. The van der Waals surface area contributed by atoms with Crippen molar-refractivity contribution in [2.24, 2.45) is 0 Å². The molecule has 2 N–H and O–H groups in total. The highest BCUT2D eigenvalue weighted by Gasteiger charge is 2.24. The third-order valence-electron chi connectivity index (χ3n) is 2.97. The van der Waals surface area contributed by atoms with Gasteiger partial charge < -0.3 is 19.8 Å². The predicted octanol–water partition coefficient (Wildman–Crippen LogP) is 1.14. The molecule has 0 amide bonds. The van der Waals surface area contributed by atoms with E-state index in [9.17, 15) is 10.2 Å². The number of morpholine rings is 1. The first-order valence-electron chi connectivity index (χ1n) is 5.60. The van der Waals surface area contributed by atoms with Crippen molar-refractivity contribution in [3.05, 3.63) is 28.2 Å². The van der Waals surface area contributed by atoms with Crippen LogP contribution in [0.15, 0.2) is 22.7 Å². The summed E-state index contributed by atoms with van der Waals surface area (Å²) in [7, 11) is 0. The van der Waals surface area contributed by atoms with E-state index in [0.29, 0.717) is 13.2 Å². The normalized spacial score (nSPS) is 20.6. The van der Waals surface area contributed by atoms with Crippen LogP contribution in [0, 0.1) is 0 Å². The molecule has 5 heteroatoms. The van der Waals surface area contributed by atoms with Crippen LogP contribution in [-0.4, -0.2) is 42.6 Å². The largest absolute Gasteiger partial charge is 0.394 e. The third kappa shape index (κ3) is 2.80. The van der Waals surface area contributed by atoms with Crippen molar-refractivity contribution in [3.8, 4) is 0 Å². The van der Waals surface area contributed by atoms with Gasteiger partial charge in [0.05, 0.1) is 32.5 Å². The van der Waals surface area contributed by atoms with E-state index in [0.717, 1.165) is 22.3 Å². The summed E-state index contributed by atoms with van der Waals surface area (Å²) in [5.74, 6) is 0.